The quantitative estimate of drug-likeness (QED) is 0.769. The SMILES string of the molecule is Cc1ncc(NC(=O)C(=O)N2CCCC[C@H]2C2(C)C=CC(F)=CC2)cc1Cl. The number of rotatable bonds is 2. The average Bonchev–Trinajstić information content (AvgIpc) is 2.66. The molecule has 1 N–H and O–H groups in total. The largest absolute Gasteiger partial charge is 0.331 e. The highest BCUT2D eigenvalue weighted by Crippen LogP contribution is 2.40. The number of halogens is 2. The first-order valence-electron chi connectivity index (χ1n) is 9.09. The van der Waals surface area contributed by atoms with Gasteiger partial charge in [-0.05, 0) is 50.8 Å². The number of carbonyl (C=O) groups excluding carboxylic acids is 2. The molecule has 7 heteroatoms. The summed E-state index contributed by atoms with van der Waals surface area (Å²) in [4.78, 5) is 31.1. The van der Waals surface area contributed by atoms with E-state index in [2.05, 4.69) is 10.3 Å². The standard InChI is InChI=1S/C20H23ClFN3O2/c1-13-16(21)11-15(12-23-13)24-18(26)19(27)25-10-4-3-5-17(25)20(2)8-6-14(22)7-9-20/h6-8,11-12,17H,3-5,9-10H2,1-2H3,(H,24,26)/t17-,20?/m0/s1. The molecule has 0 spiro atoms. The fraction of sp³-hybridized carbons (Fsp3) is 0.450. The van der Waals surface area contributed by atoms with E-state index in [1.807, 2.05) is 13.0 Å². The van der Waals surface area contributed by atoms with Crippen molar-refractivity contribution in [1.29, 1.82) is 0 Å². The van der Waals surface area contributed by atoms with E-state index >= 15 is 0 Å². The number of hydrogen-bond acceptors (Lipinski definition) is 3. The second-order valence-corrected chi connectivity index (χ2v) is 7.79. The smallest absolute Gasteiger partial charge is 0.313 e. The summed E-state index contributed by atoms with van der Waals surface area (Å²) in [6, 6.07) is 1.42. The Morgan fingerprint density at radius 2 is 2.19 bits per heavy atom. The third-order valence-corrected chi connectivity index (χ3v) is 5.74. The van der Waals surface area contributed by atoms with Crippen LogP contribution >= 0.6 is 11.6 Å². The number of carbonyl (C=O) groups is 2. The Morgan fingerprint density at radius 3 is 2.85 bits per heavy atom. The molecule has 27 heavy (non-hydrogen) atoms. The molecule has 1 aromatic rings. The molecular formula is C20H23ClFN3O2. The molecule has 1 saturated heterocycles. The van der Waals surface area contributed by atoms with Gasteiger partial charge in [0, 0.05) is 18.0 Å². The molecule has 1 fully saturated rings. The zero-order valence-corrected chi connectivity index (χ0v) is 16.2. The fourth-order valence-electron chi connectivity index (χ4n) is 3.72. The summed E-state index contributed by atoms with van der Waals surface area (Å²) in [5.74, 6) is -1.56. The molecule has 5 nitrogen and oxygen atoms in total. The number of aromatic nitrogens is 1. The van der Waals surface area contributed by atoms with E-state index < -0.39 is 11.8 Å². The molecule has 144 valence electrons. The van der Waals surface area contributed by atoms with Crippen molar-refractivity contribution < 1.29 is 14.0 Å². The normalized spacial score (nSPS) is 25.1. The van der Waals surface area contributed by atoms with Gasteiger partial charge in [0.1, 0.15) is 5.83 Å². The third-order valence-electron chi connectivity index (χ3n) is 5.36. The fourth-order valence-corrected chi connectivity index (χ4v) is 3.89. The van der Waals surface area contributed by atoms with Gasteiger partial charge in [0.2, 0.25) is 0 Å². The Labute approximate surface area is 163 Å². The van der Waals surface area contributed by atoms with Gasteiger partial charge in [-0.25, -0.2) is 4.39 Å². The lowest BCUT2D eigenvalue weighted by atomic mass is 9.73. The number of likely N-dealkylation sites (tertiary alicyclic amines) is 1. The van der Waals surface area contributed by atoms with Crippen molar-refractivity contribution in [2.45, 2.75) is 45.6 Å². The Balaban J connectivity index is 1.75. The van der Waals surface area contributed by atoms with Gasteiger partial charge in [-0.1, -0.05) is 24.6 Å². The van der Waals surface area contributed by atoms with Crippen LogP contribution in [0.25, 0.3) is 0 Å². The monoisotopic (exact) mass is 391 g/mol. The lowest BCUT2D eigenvalue weighted by molar-refractivity contribution is -0.147. The number of allylic oxidation sites excluding steroid dienone is 3. The summed E-state index contributed by atoms with van der Waals surface area (Å²) in [5, 5.41) is 3.00. The van der Waals surface area contributed by atoms with Crippen LogP contribution in [0.3, 0.4) is 0 Å². The molecule has 2 amide bonds. The van der Waals surface area contributed by atoms with Gasteiger partial charge in [-0.3, -0.25) is 14.6 Å². The highest BCUT2D eigenvalue weighted by atomic mass is 35.5. The summed E-state index contributed by atoms with van der Waals surface area (Å²) >= 11 is 6.03. The number of aryl methyl sites for hydroxylation is 1. The number of nitrogens with zero attached hydrogens (tertiary/aromatic N) is 2. The Kier molecular flexibility index (Phi) is 5.65. The first kappa shape index (κ1) is 19.5. The van der Waals surface area contributed by atoms with E-state index in [1.165, 1.54) is 18.3 Å². The minimum atomic E-state index is -0.714. The van der Waals surface area contributed by atoms with Gasteiger partial charge in [-0.2, -0.15) is 0 Å². The molecule has 0 bridgehead atoms. The third kappa shape index (κ3) is 4.21. The second kappa shape index (κ2) is 7.80. The van der Waals surface area contributed by atoms with Crippen molar-refractivity contribution in [3.63, 3.8) is 0 Å². The Hall–Kier alpha value is -2.21. The van der Waals surface area contributed by atoms with Crippen LogP contribution in [-0.4, -0.2) is 34.3 Å². The predicted octanol–water partition coefficient (Wildman–Crippen LogP) is 4.18. The van der Waals surface area contributed by atoms with Gasteiger partial charge in [0.25, 0.3) is 0 Å². The van der Waals surface area contributed by atoms with Gasteiger partial charge >= 0.3 is 11.8 Å². The van der Waals surface area contributed by atoms with E-state index in [0.29, 0.717) is 29.4 Å². The molecular weight excluding hydrogens is 369 g/mol. The van der Waals surface area contributed by atoms with Crippen LogP contribution in [0.15, 0.2) is 36.3 Å². The highest BCUT2D eigenvalue weighted by Gasteiger charge is 2.41. The van der Waals surface area contributed by atoms with Crippen LogP contribution in [-0.2, 0) is 9.59 Å². The molecule has 2 aliphatic rings. The number of piperidine rings is 1. The minimum absolute atomic E-state index is 0.148. The van der Waals surface area contributed by atoms with Crippen molar-refractivity contribution in [2.75, 3.05) is 11.9 Å². The first-order chi connectivity index (χ1) is 12.8. The lowest BCUT2D eigenvalue weighted by Crippen LogP contribution is -2.54. The van der Waals surface area contributed by atoms with E-state index in [9.17, 15) is 14.0 Å². The van der Waals surface area contributed by atoms with E-state index in [4.69, 9.17) is 11.6 Å². The van der Waals surface area contributed by atoms with Crippen molar-refractivity contribution >= 4 is 29.1 Å². The number of hydrogen-bond donors (Lipinski definition) is 1. The summed E-state index contributed by atoms with van der Waals surface area (Å²) in [6.45, 7) is 4.27. The Morgan fingerprint density at radius 1 is 1.41 bits per heavy atom. The molecule has 0 saturated carbocycles. The van der Waals surface area contributed by atoms with Crippen LogP contribution in [0.1, 0.15) is 38.3 Å². The zero-order valence-electron chi connectivity index (χ0n) is 15.5. The number of anilines is 1. The number of nitrogens with one attached hydrogen (secondary N) is 1. The second-order valence-electron chi connectivity index (χ2n) is 7.39. The molecule has 3 rings (SSSR count). The molecule has 2 atom stereocenters. The molecule has 2 heterocycles. The van der Waals surface area contributed by atoms with Crippen LogP contribution in [0.5, 0.6) is 0 Å². The van der Waals surface area contributed by atoms with Crippen molar-refractivity contribution in [2.24, 2.45) is 5.41 Å². The summed E-state index contributed by atoms with van der Waals surface area (Å²) < 4.78 is 13.4. The maximum atomic E-state index is 13.4. The molecule has 0 aromatic carbocycles. The lowest BCUT2D eigenvalue weighted by Gasteiger charge is -2.45. The Bertz CT molecular complexity index is 823. The van der Waals surface area contributed by atoms with Crippen molar-refractivity contribution in [3.8, 4) is 0 Å². The first-order valence-corrected chi connectivity index (χ1v) is 9.47. The predicted molar refractivity (Wildman–Crippen MR) is 103 cm³/mol. The van der Waals surface area contributed by atoms with E-state index in [-0.39, 0.29) is 17.3 Å². The summed E-state index contributed by atoms with van der Waals surface area (Å²) in [6.07, 6.45) is 9.38. The molecule has 1 aromatic heterocycles. The minimum Gasteiger partial charge on any atom is -0.331 e. The van der Waals surface area contributed by atoms with Gasteiger partial charge in [0.05, 0.1) is 22.6 Å². The number of amides is 2. The van der Waals surface area contributed by atoms with E-state index in [1.54, 1.807) is 17.9 Å². The maximum absolute atomic E-state index is 13.4. The number of pyridine rings is 1. The van der Waals surface area contributed by atoms with Crippen LogP contribution in [0, 0.1) is 12.3 Å². The topological polar surface area (TPSA) is 62.3 Å². The molecule has 1 unspecified atom stereocenters. The molecule has 1 aliphatic heterocycles. The van der Waals surface area contributed by atoms with Gasteiger partial charge in [0.15, 0.2) is 0 Å². The average molecular weight is 392 g/mol. The van der Waals surface area contributed by atoms with Crippen LogP contribution < -0.4 is 5.32 Å². The van der Waals surface area contributed by atoms with Crippen molar-refractivity contribution in [3.05, 3.63) is 47.0 Å². The van der Waals surface area contributed by atoms with Crippen LogP contribution in [0.4, 0.5) is 10.1 Å². The maximum Gasteiger partial charge on any atom is 0.313 e. The van der Waals surface area contributed by atoms with Gasteiger partial charge in [-0.15, -0.1) is 0 Å². The summed E-state index contributed by atoms with van der Waals surface area (Å²) in [7, 11) is 0. The molecule has 0 radical (unpaired) electrons. The van der Waals surface area contributed by atoms with Gasteiger partial charge < -0.3 is 10.2 Å². The summed E-state index contributed by atoms with van der Waals surface area (Å²) in [5.41, 5.74) is 0.640. The van der Waals surface area contributed by atoms with Crippen molar-refractivity contribution in [1.82, 2.24) is 9.88 Å². The van der Waals surface area contributed by atoms with Crippen LogP contribution in [0.2, 0.25) is 5.02 Å². The van der Waals surface area contributed by atoms with E-state index in [0.717, 1.165) is 19.3 Å². The zero-order chi connectivity index (χ0) is 19.6. The molecule has 1 aliphatic carbocycles. The highest BCUT2D eigenvalue weighted by molar-refractivity contribution is 6.39.